The second kappa shape index (κ2) is 7.05. The fourth-order valence-corrected chi connectivity index (χ4v) is 4.85. The van der Waals surface area contributed by atoms with Crippen molar-refractivity contribution in [3.05, 3.63) is 47.0 Å². The molecule has 2 aliphatic heterocycles. The first-order chi connectivity index (χ1) is 14.4. The number of aromatic hydroxyl groups is 1. The molecule has 2 aliphatic rings. The summed E-state index contributed by atoms with van der Waals surface area (Å²) >= 11 is 0. The maximum absolute atomic E-state index is 14.9. The number of aryl methyl sites for hydroxylation is 1. The summed E-state index contributed by atoms with van der Waals surface area (Å²) in [6.45, 7) is 0. The van der Waals surface area contributed by atoms with Gasteiger partial charge in [0, 0.05) is 49.4 Å². The predicted molar refractivity (Wildman–Crippen MR) is 114 cm³/mol. The Kier molecular flexibility index (Phi) is 4.47. The molecule has 4 atom stereocenters. The van der Waals surface area contributed by atoms with Gasteiger partial charge in [-0.25, -0.2) is 9.37 Å². The van der Waals surface area contributed by atoms with Crippen molar-refractivity contribution in [2.24, 2.45) is 7.05 Å². The summed E-state index contributed by atoms with van der Waals surface area (Å²) in [4.78, 5) is 22.9. The first-order valence-corrected chi connectivity index (χ1v) is 10.2. The molecule has 1 aromatic carbocycles. The number of alkyl halides is 1. The van der Waals surface area contributed by atoms with Crippen molar-refractivity contribution in [2.45, 2.75) is 43.6 Å². The summed E-state index contributed by atoms with van der Waals surface area (Å²) in [6.07, 6.45) is 6.51. The molecule has 2 saturated heterocycles. The van der Waals surface area contributed by atoms with Gasteiger partial charge < -0.3 is 19.9 Å². The molecule has 30 heavy (non-hydrogen) atoms. The van der Waals surface area contributed by atoms with Crippen molar-refractivity contribution in [3.8, 4) is 17.0 Å². The minimum atomic E-state index is -0.943. The van der Waals surface area contributed by atoms with E-state index in [-0.39, 0.29) is 23.3 Å². The van der Waals surface area contributed by atoms with Gasteiger partial charge in [-0.15, -0.1) is 0 Å². The second-order valence-corrected chi connectivity index (χ2v) is 8.31. The Morgan fingerprint density at radius 3 is 2.83 bits per heavy atom. The number of phenols is 1. The topological polar surface area (TPSA) is 83.3 Å². The van der Waals surface area contributed by atoms with E-state index in [9.17, 15) is 14.3 Å². The number of hydrogen-bond donors (Lipinski definition) is 2. The Morgan fingerprint density at radius 1 is 1.23 bits per heavy atom. The molecule has 3 aromatic rings. The van der Waals surface area contributed by atoms with Crippen LogP contribution in [-0.4, -0.2) is 51.0 Å². The third-order valence-corrected chi connectivity index (χ3v) is 6.55. The summed E-state index contributed by atoms with van der Waals surface area (Å²) in [5.41, 5.74) is 1.29. The molecule has 0 radical (unpaired) electrons. The third kappa shape index (κ3) is 2.94. The molecule has 2 aromatic heterocycles. The molecule has 2 N–H and O–H groups in total. The molecule has 2 fully saturated rings. The summed E-state index contributed by atoms with van der Waals surface area (Å²) in [5, 5.41) is 14.6. The summed E-state index contributed by atoms with van der Waals surface area (Å²) < 4.78 is 16.6. The van der Waals surface area contributed by atoms with Crippen molar-refractivity contribution in [3.63, 3.8) is 0 Å². The van der Waals surface area contributed by atoms with Gasteiger partial charge in [0.05, 0.1) is 29.6 Å². The number of piperidine rings is 1. The molecule has 1 unspecified atom stereocenters. The second-order valence-electron chi connectivity index (χ2n) is 8.31. The number of phenolic OH excluding ortho intramolecular Hbond substituents is 1. The van der Waals surface area contributed by atoms with Gasteiger partial charge in [-0.3, -0.25) is 9.78 Å². The van der Waals surface area contributed by atoms with E-state index in [1.165, 1.54) is 6.07 Å². The lowest BCUT2D eigenvalue weighted by atomic mass is 9.96. The summed E-state index contributed by atoms with van der Waals surface area (Å²) in [5.74, 6) is 0.585. The van der Waals surface area contributed by atoms with Crippen LogP contribution in [0, 0.1) is 0 Å². The fraction of sp³-hybridized carbons (Fsp3) is 0.409. The van der Waals surface area contributed by atoms with Gasteiger partial charge in [0.1, 0.15) is 17.7 Å². The standard InChI is InChI=1S/C22H24FN5O2/c1-27-8-7-18(29)14-5-4-13(22(30)21(14)27)16-10-25-19(11-24-16)28(2)17-9-12-3-6-15(26-12)20(17)23/h4-5,7-8,10-12,15,17,20,26,30H,3,6,9H2,1-2H3/t12?,15-,17+,20-/m0/s1. The zero-order valence-electron chi connectivity index (χ0n) is 16.9. The number of nitrogens with zero attached hydrogens (tertiary/aromatic N) is 4. The zero-order valence-corrected chi connectivity index (χ0v) is 16.9. The van der Waals surface area contributed by atoms with E-state index in [1.807, 2.05) is 11.9 Å². The van der Waals surface area contributed by atoms with Crippen LogP contribution >= 0.6 is 0 Å². The van der Waals surface area contributed by atoms with Crippen LogP contribution < -0.4 is 15.6 Å². The Bertz CT molecular complexity index is 1160. The molecular formula is C22H24FN5O2. The lowest BCUT2D eigenvalue weighted by molar-refractivity contribution is 0.176. The summed E-state index contributed by atoms with van der Waals surface area (Å²) in [6, 6.07) is 4.89. The van der Waals surface area contributed by atoms with E-state index >= 15 is 0 Å². The predicted octanol–water partition coefficient (Wildman–Crippen LogP) is 2.37. The summed E-state index contributed by atoms with van der Waals surface area (Å²) in [7, 11) is 3.63. The SMILES string of the molecule is CN(c1cnc(-c2ccc3c(=O)ccn(C)c3c2O)cn1)[C@@H]1CC2CC[C@H](N2)[C@@H]1F. The van der Waals surface area contributed by atoms with Crippen LogP contribution in [0.4, 0.5) is 10.2 Å². The van der Waals surface area contributed by atoms with Crippen LogP contribution in [0.25, 0.3) is 22.2 Å². The van der Waals surface area contributed by atoms with Crippen molar-refractivity contribution >= 4 is 16.7 Å². The molecule has 2 bridgehead atoms. The molecular weight excluding hydrogens is 385 g/mol. The molecule has 0 aliphatic carbocycles. The maximum atomic E-state index is 14.9. The van der Waals surface area contributed by atoms with Gasteiger partial charge in [0.15, 0.2) is 5.43 Å². The van der Waals surface area contributed by atoms with Crippen LogP contribution in [0.3, 0.4) is 0 Å². The molecule has 4 heterocycles. The van der Waals surface area contributed by atoms with Crippen molar-refractivity contribution < 1.29 is 9.50 Å². The number of fused-ring (bicyclic) bond motifs is 3. The largest absolute Gasteiger partial charge is 0.505 e. The normalized spacial score (nSPS) is 25.6. The quantitative estimate of drug-likeness (QED) is 0.691. The Hall–Kier alpha value is -3.00. The average Bonchev–Trinajstić information content (AvgIpc) is 3.16. The van der Waals surface area contributed by atoms with Gasteiger partial charge in [-0.1, -0.05) is 0 Å². The number of pyridine rings is 1. The minimum absolute atomic E-state index is 0.0122. The van der Waals surface area contributed by atoms with Crippen molar-refractivity contribution in [1.82, 2.24) is 19.9 Å². The van der Waals surface area contributed by atoms with E-state index in [1.54, 1.807) is 42.3 Å². The van der Waals surface area contributed by atoms with E-state index < -0.39 is 6.17 Å². The van der Waals surface area contributed by atoms with E-state index in [2.05, 4.69) is 15.3 Å². The highest BCUT2D eigenvalue weighted by Gasteiger charge is 2.43. The highest BCUT2D eigenvalue weighted by Crippen LogP contribution is 2.35. The van der Waals surface area contributed by atoms with Crippen molar-refractivity contribution in [1.29, 1.82) is 0 Å². The molecule has 0 saturated carbocycles. The van der Waals surface area contributed by atoms with Crippen molar-refractivity contribution in [2.75, 3.05) is 11.9 Å². The highest BCUT2D eigenvalue weighted by molar-refractivity contribution is 5.91. The number of rotatable bonds is 3. The van der Waals surface area contributed by atoms with Gasteiger partial charge in [0.25, 0.3) is 0 Å². The van der Waals surface area contributed by atoms with E-state index in [0.717, 1.165) is 19.3 Å². The number of aromatic nitrogens is 3. The molecule has 5 rings (SSSR count). The monoisotopic (exact) mass is 409 g/mol. The average molecular weight is 409 g/mol. The fourth-order valence-electron chi connectivity index (χ4n) is 4.85. The number of hydrogen-bond acceptors (Lipinski definition) is 6. The maximum Gasteiger partial charge on any atom is 0.189 e. The molecule has 8 heteroatoms. The Labute approximate surface area is 173 Å². The highest BCUT2D eigenvalue weighted by atomic mass is 19.1. The molecule has 0 amide bonds. The van der Waals surface area contributed by atoms with Crippen LogP contribution in [0.15, 0.2) is 41.6 Å². The number of anilines is 1. The molecule has 7 nitrogen and oxygen atoms in total. The van der Waals surface area contributed by atoms with Gasteiger partial charge >= 0.3 is 0 Å². The number of halogens is 1. The lowest BCUT2D eigenvalue weighted by Crippen LogP contribution is -2.55. The minimum Gasteiger partial charge on any atom is -0.505 e. The Morgan fingerprint density at radius 2 is 2.07 bits per heavy atom. The van der Waals surface area contributed by atoms with Crippen LogP contribution in [0.2, 0.25) is 0 Å². The number of benzene rings is 1. The molecule has 0 spiro atoms. The van der Waals surface area contributed by atoms with Crippen LogP contribution in [-0.2, 0) is 7.05 Å². The number of nitrogens with one attached hydrogen (secondary N) is 1. The van der Waals surface area contributed by atoms with E-state index in [0.29, 0.717) is 34.0 Å². The van der Waals surface area contributed by atoms with Gasteiger partial charge in [0.2, 0.25) is 0 Å². The van der Waals surface area contributed by atoms with Gasteiger partial charge in [-0.2, -0.15) is 0 Å². The van der Waals surface area contributed by atoms with Crippen LogP contribution in [0.5, 0.6) is 5.75 Å². The third-order valence-electron chi connectivity index (χ3n) is 6.55. The van der Waals surface area contributed by atoms with Gasteiger partial charge in [-0.05, 0) is 31.4 Å². The smallest absolute Gasteiger partial charge is 0.189 e. The first-order valence-electron chi connectivity index (χ1n) is 10.2. The van der Waals surface area contributed by atoms with Crippen LogP contribution in [0.1, 0.15) is 19.3 Å². The first kappa shape index (κ1) is 19.0. The van der Waals surface area contributed by atoms with E-state index in [4.69, 9.17) is 0 Å². The zero-order chi connectivity index (χ0) is 21.0. The lowest BCUT2D eigenvalue weighted by Gasteiger charge is -2.38. The molecule has 156 valence electrons. The Balaban J connectivity index is 1.46.